The third kappa shape index (κ3) is 2.32. The highest BCUT2D eigenvalue weighted by atomic mass is 19.1. The molecule has 14 heavy (non-hydrogen) atoms. The van der Waals surface area contributed by atoms with Crippen molar-refractivity contribution in [2.45, 2.75) is 32.4 Å². The fourth-order valence-electron chi connectivity index (χ4n) is 1.33. The van der Waals surface area contributed by atoms with E-state index in [0.717, 1.165) is 0 Å². The van der Waals surface area contributed by atoms with Crippen LogP contribution in [0.25, 0.3) is 0 Å². The molecule has 2 heteroatoms. The molecule has 0 spiro atoms. The van der Waals surface area contributed by atoms with Gasteiger partial charge >= 0.3 is 0 Å². The van der Waals surface area contributed by atoms with Gasteiger partial charge in [0.1, 0.15) is 5.67 Å². The standard InChI is InChI=1S/C12H18FN/c1-9(2)10-4-6-11(7-5-10)12(3,13)8-14/h4-7,9H,8,14H2,1-3H3. The van der Waals surface area contributed by atoms with Crippen LogP contribution in [0, 0.1) is 0 Å². The van der Waals surface area contributed by atoms with Crippen LogP contribution in [0.15, 0.2) is 24.3 Å². The van der Waals surface area contributed by atoms with E-state index in [1.54, 1.807) is 0 Å². The van der Waals surface area contributed by atoms with Crippen molar-refractivity contribution >= 4 is 0 Å². The topological polar surface area (TPSA) is 26.0 Å². The zero-order chi connectivity index (χ0) is 10.8. The first-order chi connectivity index (χ1) is 6.47. The van der Waals surface area contributed by atoms with E-state index in [4.69, 9.17) is 5.73 Å². The molecular formula is C12H18FN. The summed E-state index contributed by atoms with van der Waals surface area (Å²) < 4.78 is 13.8. The maximum atomic E-state index is 13.8. The van der Waals surface area contributed by atoms with Gasteiger partial charge in [-0.15, -0.1) is 0 Å². The van der Waals surface area contributed by atoms with Crippen molar-refractivity contribution in [1.82, 2.24) is 0 Å². The highest BCUT2D eigenvalue weighted by Crippen LogP contribution is 2.25. The summed E-state index contributed by atoms with van der Waals surface area (Å²) >= 11 is 0. The molecule has 0 aliphatic heterocycles. The summed E-state index contributed by atoms with van der Waals surface area (Å²) in [5.41, 5.74) is 5.83. The van der Waals surface area contributed by atoms with E-state index >= 15 is 0 Å². The van der Waals surface area contributed by atoms with Crippen molar-refractivity contribution in [1.29, 1.82) is 0 Å². The Morgan fingerprint density at radius 3 is 2.14 bits per heavy atom. The Balaban J connectivity index is 2.94. The van der Waals surface area contributed by atoms with E-state index in [9.17, 15) is 4.39 Å². The van der Waals surface area contributed by atoms with Gasteiger partial charge in [0.25, 0.3) is 0 Å². The molecule has 1 unspecified atom stereocenters. The Bertz CT molecular complexity index is 288. The van der Waals surface area contributed by atoms with E-state index in [-0.39, 0.29) is 6.54 Å². The fraction of sp³-hybridized carbons (Fsp3) is 0.500. The summed E-state index contributed by atoms with van der Waals surface area (Å²) in [4.78, 5) is 0. The van der Waals surface area contributed by atoms with E-state index < -0.39 is 5.67 Å². The number of hydrogen-bond acceptors (Lipinski definition) is 1. The second-order valence-corrected chi connectivity index (χ2v) is 4.18. The highest BCUT2D eigenvalue weighted by molar-refractivity contribution is 5.28. The van der Waals surface area contributed by atoms with E-state index in [0.29, 0.717) is 11.5 Å². The van der Waals surface area contributed by atoms with Crippen molar-refractivity contribution in [2.75, 3.05) is 6.54 Å². The summed E-state index contributed by atoms with van der Waals surface area (Å²) in [5.74, 6) is 0.479. The molecule has 0 heterocycles. The van der Waals surface area contributed by atoms with Crippen LogP contribution in [0.4, 0.5) is 4.39 Å². The van der Waals surface area contributed by atoms with Crippen molar-refractivity contribution < 1.29 is 4.39 Å². The normalized spacial score (nSPS) is 15.6. The van der Waals surface area contributed by atoms with Gasteiger partial charge in [-0.05, 0) is 24.0 Å². The Labute approximate surface area is 85.1 Å². The summed E-state index contributed by atoms with van der Waals surface area (Å²) in [6.07, 6.45) is 0. The number of alkyl halides is 1. The summed E-state index contributed by atoms with van der Waals surface area (Å²) in [7, 11) is 0. The smallest absolute Gasteiger partial charge is 0.145 e. The second-order valence-electron chi connectivity index (χ2n) is 4.18. The molecule has 1 aromatic rings. The molecule has 1 aromatic carbocycles. The van der Waals surface area contributed by atoms with Crippen LogP contribution in [0.1, 0.15) is 37.8 Å². The molecule has 1 atom stereocenters. The van der Waals surface area contributed by atoms with Gasteiger partial charge in [0, 0.05) is 6.54 Å². The predicted octanol–water partition coefficient (Wildman–Crippen LogP) is 2.95. The maximum absolute atomic E-state index is 13.8. The van der Waals surface area contributed by atoms with Gasteiger partial charge in [-0.3, -0.25) is 0 Å². The lowest BCUT2D eigenvalue weighted by atomic mass is 9.94. The molecule has 1 nitrogen and oxygen atoms in total. The molecule has 0 aliphatic carbocycles. The zero-order valence-corrected chi connectivity index (χ0v) is 9.05. The average Bonchev–Trinajstić information content (AvgIpc) is 2.18. The Hall–Kier alpha value is -0.890. The van der Waals surface area contributed by atoms with Crippen molar-refractivity contribution in [3.8, 4) is 0 Å². The molecule has 0 aliphatic rings. The summed E-state index contributed by atoms with van der Waals surface area (Å²) in [6, 6.07) is 7.57. The number of rotatable bonds is 3. The minimum absolute atomic E-state index is 0.0219. The molecule has 0 fully saturated rings. The average molecular weight is 195 g/mol. The lowest BCUT2D eigenvalue weighted by Crippen LogP contribution is -2.26. The van der Waals surface area contributed by atoms with Crippen LogP contribution >= 0.6 is 0 Å². The quantitative estimate of drug-likeness (QED) is 0.788. The molecule has 0 radical (unpaired) electrons. The second kappa shape index (κ2) is 4.09. The first kappa shape index (κ1) is 11.2. The van der Waals surface area contributed by atoms with E-state index in [2.05, 4.69) is 13.8 Å². The van der Waals surface area contributed by atoms with Gasteiger partial charge in [0.05, 0.1) is 0 Å². The molecule has 1 rings (SSSR count). The van der Waals surface area contributed by atoms with Gasteiger partial charge < -0.3 is 5.73 Å². The van der Waals surface area contributed by atoms with Crippen LogP contribution in [-0.4, -0.2) is 6.54 Å². The third-order valence-corrected chi connectivity index (χ3v) is 2.56. The number of hydrogen-bond donors (Lipinski definition) is 1. The van der Waals surface area contributed by atoms with Crippen molar-refractivity contribution in [3.63, 3.8) is 0 Å². The van der Waals surface area contributed by atoms with Crippen molar-refractivity contribution in [3.05, 3.63) is 35.4 Å². The van der Waals surface area contributed by atoms with Crippen LogP contribution < -0.4 is 5.73 Å². The molecule has 0 amide bonds. The minimum atomic E-state index is -1.41. The van der Waals surface area contributed by atoms with Crippen LogP contribution in [-0.2, 0) is 5.67 Å². The molecule has 0 saturated carbocycles. The lowest BCUT2D eigenvalue weighted by Gasteiger charge is -2.19. The zero-order valence-electron chi connectivity index (χ0n) is 9.05. The van der Waals surface area contributed by atoms with Gasteiger partial charge in [-0.25, -0.2) is 4.39 Å². The lowest BCUT2D eigenvalue weighted by molar-refractivity contribution is 0.203. The molecule has 0 saturated heterocycles. The monoisotopic (exact) mass is 195 g/mol. The number of benzene rings is 1. The van der Waals surface area contributed by atoms with Crippen LogP contribution in [0.3, 0.4) is 0 Å². The van der Waals surface area contributed by atoms with E-state index in [1.807, 2.05) is 24.3 Å². The summed E-state index contributed by atoms with van der Waals surface area (Å²) in [6.45, 7) is 5.77. The SMILES string of the molecule is CC(C)c1ccc(C(C)(F)CN)cc1. The van der Waals surface area contributed by atoms with Gasteiger partial charge in [-0.1, -0.05) is 38.1 Å². The Morgan fingerprint density at radius 1 is 1.29 bits per heavy atom. The Morgan fingerprint density at radius 2 is 1.79 bits per heavy atom. The number of nitrogens with two attached hydrogens (primary N) is 1. The van der Waals surface area contributed by atoms with Gasteiger partial charge in [-0.2, -0.15) is 0 Å². The first-order valence-electron chi connectivity index (χ1n) is 4.97. The molecule has 0 bridgehead atoms. The minimum Gasteiger partial charge on any atom is -0.327 e. The first-order valence-corrected chi connectivity index (χ1v) is 4.97. The highest BCUT2D eigenvalue weighted by Gasteiger charge is 2.23. The molecule has 2 N–H and O–H groups in total. The summed E-state index contributed by atoms with van der Waals surface area (Å²) in [5, 5.41) is 0. The number of halogens is 1. The van der Waals surface area contributed by atoms with Crippen molar-refractivity contribution in [2.24, 2.45) is 5.73 Å². The molecule has 78 valence electrons. The largest absolute Gasteiger partial charge is 0.327 e. The van der Waals surface area contributed by atoms with Gasteiger partial charge in [0.2, 0.25) is 0 Å². The Kier molecular flexibility index (Phi) is 3.27. The molecular weight excluding hydrogens is 177 g/mol. The predicted molar refractivity (Wildman–Crippen MR) is 58.0 cm³/mol. The maximum Gasteiger partial charge on any atom is 0.145 e. The van der Waals surface area contributed by atoms with Crippen LogP contribution in [0.5, 0.6) is 0 Å². The van der Waals surface area contributed by atoms with E-state index in [1.165, 1.54) is 12.5 Å². The van der Waals surface area contributed by atoms with Gasteiger partial charge in [0.15, 0.2) is 0 Å². The molecule has 0 aromatic heterocycles. The van der Waals surface area contributed by atoms with Crippen LogP contribution in [0.2, 0.25) is 0 Å². The third-order valence-electron chi connectivity index (χ3n) is 2.56. The fourth-order valence-corrected chi connectivity index (χ4v) is 1.33.